The second-order valence-electron chi connectivity index (χ2n) is 5.60. The maximum atomic E-state index is 5.97. The van der Waals surface area contributed by atoms with E-state index in [0.29, 0.717) is 0 Å². The first-order valence-corrected chi connectivity index (χ1v) is 7.53. The summed E-state index contributed by atoms with van der Waals surface area (Å²) >= 11 is 0. The minimum Gasteiger partial charge on any atom is -0.477 e. The van der Waals surface area contributed by atoms with E-state index in [4.69, 9.17) is 4.74 Å². The third-order valence-electron chi connectivity index (χ3n) is 4.11. The Labute approximate surface area is 120 Å². The van der Waals surface area contributed by atoms with Crippen molar-refractivity contribution in [2.24, 2.45) is 5.92 Å². The lowest BCUT2D eigenvalue weighted by Gasteiger charge is -2.25. The van der Waals surface area contributed by atoms with E-state index in [9.17, 15) is 0 Å². The molecule has 0 bridgehead atoms. The van der Waals surface area contributed by atoms with Crippen LogP contribution in [-0.4, -0.2) is 18.6 Å². The van der Waals surface area contributed by atoms with Crippen molar-refractivity contribution in [3.8, 4) is 5.88 Å². The molecular weight excluding hydrogens is 248 g/mol. The van der Waals surface area contributed by atoms with Gasteiger partial charge >= 0.3 is 0 Å². The Morgan fingerprint density at radius 2 is 2.15 bits per heavy atom. The van der Waals surface area contributed by atoms with Crippen molar-refractivity contribution >= 4 is 10.8 Å². The van der Waals surface area contributed by atoms with Gasteiger partial charge in [-0.3, -0.25) is 0 Å². The summed E-state index contributed by atoms with van der Waals surface area (Å²) in [5.74, 6) is 1.66. The molecule has 1 heterocycles. The fourth-order valence-corrected chi connectivity index (χ4v) is 2.71. The Bertz CT molecular complexity index is 578. The van der Waals surface area contributed by atoms with Gasteiger partial charge in [0.25, 0.3) is 0 Å². The molecule has 0 aliphatic heterocycles. The number of fused-ring (bicyclic) bond motifs is 1. The van der Waals surface area contributed by atoms with E-state index >= 15 is 0 Å². The Kier molecular flexibility index (Phi) is 4.16. The molecular formula is C17H22N2O. The van der Waals surface area contributed by atoms with Crippen molar-refractivity contribution in [3.63, 3.8) is 0 Å². The predicted octanol–water partition coefficient (Wildman–Crippen LogP) is 3.52. The van der Waals surface area contributed by atoms with Crippen LogP contribution in [-0.2, 0) is 6.54 Å². The largest absolute Gasteiger partial charge is 0.477 e. The molecule has 1 fully saturated rings. The van der Waals surface area contributed by atoms with Crippen molar-refractivity contribution in [2.75, 3.05) is 13.7 Å². The van der Waals surface area contributed by atoms with E-state index in [1.54, 1.807) is 0 Å². The minimum atomic E-state index is 0.768. The SMILES string of the molecule is CNCc1cc2ccccc2c(OCCC2CCC2)n1. The molecule has 0 amide bonds. The van der Waals surface area contributed by atoms with Crippen LogP contribution in [0.25, 0.3) is 10.8 Å². The molecule has 0 spiro atoms. The zero-order valence-corrected chi connectivity index (χ0v) is 12.1. The van der Waals surface area contributed by atoms with Crippen molar-refractivity contribution in [2.45, 2.75) is 32.2 Å². The normalized spacial score (nSPS) is 15.2. The van der Waals surface area contributed by atoms with Crippen LogP contribution in [0.2, 0.25) is 0 Å². The number of nitrogens with zero attached hydrogens (tertiary/aromatic N) is 1. The van der Waals surface area contributed by atoms with Crippen LogP contribution in [0.5, 0.6) is 5.88 Å². The number of hydrogen-bond donors (Lipinski definition) is 1. The lowest BCUT2D eigenvalue weighted by molar-refractivity contribution is 0.218. The first kappa shape index (κ1) is 13.4. The highest BCUT2D eigenvalue weighted by atomic mass is 16.5. The quantitative estimate of drug-likeness (QED) is 0.872. The summed E-state index contributed by atoms with van der Waals surface area (Å²) in [5.41, 5.74) is 1.03. The average molecular weight is 270 g/mol. The van der Waals surface area contributed by atoms with Gasteiger partial charge in [-0.25, -0.2) is 4.98 Å². The van der Waals surface area contributed by atoms with Gasteiger partial charge in [-0.1, -0.05) is 37.5 Å². The fourth-order valence-electron chi connectivity index (χ4n) is 2.71. The summed E-state index contributed by atoms with van der Waals surface area (Å²) in [7, 11) is 1.94. The summed E-state index contributed by atoms with van der Waals surface area (Å²) in [5, 5.41) is 5.46. The van der Waals surface area contributed by atoms with E-state index in [-0.39, 0.29) is 0 Å². The topological polar surface area (TPSA) is 34.1 Å². The van der Waals surface area contributed by atoms with Crippen LogP contribution in [0, 0.1) is 5.92 Å². The van der Waals surface area contributed by atoms with E-state index in [2.05, 4.69) is 34.6 Å². The average Bonchev–Trinajstić information content (AvgIpc) is 2.42. The van der Waals surface area contributed by atoms with Gasteiger partial charge in [-0.05, 0) is 36.9 Å². The molecule has 20 heavy (non-hydrogen) atoms. The molecule has 1 aliphatic carbocycles. The van der Waals surface area contributed by atoms with Crippen molar-refractivity contribution in [1.82, 2.24) is 10.3 Å². The van der Waals surface area contributed by atoms with Crippen LogP contribution in [0.3, 0.4) is 0 Å². The first-order chi connectivity index (χ1) is 9.86. The van der Waals surface area contributed by atoms with Gasteiger partial charge in [-0.15, -0.1) is 0 Å². The Morgan fingerprint density at radius 1 is 1.30 bits per heavy atom. The summed E-state index contributed by atoms with van der Waals surface area (Å²) in [6, 6.07) is 10.4. The van der Waals surface area contributed by atoms with Crippen molar-refractivity contribution in [3.05, 3.63) is 36.0 Å². The maximum Gasteiger partial charge on any atom is 0.221 e. The zero-order valence-electron chi connectivity index (χ0n) is 12.1. The standard InChI is InChI=1S/C17H22N2O/c1-18-12-15-11-14-7-2-3-8-16(14)17(19-15)20-10-9-13-5-4-6-13/h2-3,7-8,11,13,18H,4-6,9-10,12H2,1H3. The summed E-state index contributed by atoms with van der Waals surface area (Å²) < 4.78 is 5.97. The number of pyridine rings is 1. The first-order valence-electron chi connectivity index (χ1n) is 7.53. The highest BCUT2D eigenvalue weighted by Gasteiger charge is 2.17. The molecule has 3 rings (SSSR count). The lowest BCUT2D eigenvalue weighted by Crippen LogP contribution is -2.15. The third-order valence-corrected chi connectivity index (χ3v) is 4.11. The van der Waals surface area contributed by atoms with Gasteiger partial charge in [-0.2, -0.15) is 0 Å². The molecule has 0 unspecified atom stereocenters. The molecule has 1 aromatic carbocycles. The van der Waals surface area contributed by atoms with Gasteiger partial charge in [0.1, 0.15) is 0 Å². The predicted molar refractivity (Wildman–Crippen MR) is 82.0 cm³/mol. The van der Waals surface area contributed by atoms with Crippen LogP contribution in [0.4, 0.5) is 0 Å². The minimum absolute atomic E-state index is 0.768. The lowest BCUT2D eigenvalue weighted by atomic mass is 9.83. The third kappa shape index (κ3) is 2.93. The molecule has 1 aromatic heterocycles. The second kappa shape index (κ2) is 6.23. The highest BCUT2D eigenvalue weighted by molar-refractivity contribution is 5.87. The molecule has 0 saturated heterocycles. The van der Waals surface area contributed by atoms with Crippen LogP contribution in [0.1, 0.15) is 31.4 Å². The number of ether oxygens (including phenoxy) is 1. The van der Waals surface area contributed by atoms with Crippen LogP contribution < -0.4 is 10.1 Å². The van der Waals surface area contributed by atoms with Gasteiger partial charge in [0.15, 0.2) is 0 Å². The summed E-state index contributed by atoms with van der Waals surface area (Å²) in [6.45, 7) is 1.55. The van der Waals surface area contributed by atoms with E-state index in [1.165, 1.54) is 24.6 Å². The van der Waals surface area contributed by atoms with E-state index < -0.39 is 0 Å². The maximum absolute atomic E-state index is 5.97. The fraction of sp³-hybridized carbons (Fsp3) is 0.471. The monoisotopic (exact) mass is 270 g/mol. The number of aromatic nitrogens is 1. The van der Waals surface area contributed by atoms with Gasteiger partial charge in [0.05, 0.1) is 12.3 Å². The number of nitrogens with one attached hydrogen (secondary N) is 1. The molecule has 3 nitrogen and oxygen atoms in total. The van der Waals surface area contributed by atoms with E-state index in [1.807, 2.05) is 13.1 Å². The molecule has 0 radical (unpaired) electrons. The second-order valence-corrected chi connectivity index (χ2v) is 5.60. The smallest absolute Gasteiger partial charge is 0.221 e. The number of hydrogen-bond acceptors (Lipinski definition) is 3. The van der Waals surface area contributed by atoms with Gasteiger partial charge in [0, 0.05) is 11.9 Å². The van der Waals surface area contributed by atoms with Crippen LogP contribution in [0.15, 0.2) is 30.3 Å². The number of rotatable bonds is 6. The van der Waals surface area contributed by atoms with Gasteiger partial charge in [0.2, 0.25) is 5.88 Å². The Balaban J connectivity index is 1.78. The van der Waals surface area contributed by atoms with Crippen molar-refractivity contribution < 1.29 is 4.74 Å². The summed E-state index contributed by atoms with van der Waals surface area (Å²) in [6.07, 6.45) is 5.30. The molecule has 0 atom stereocenters. The highest BCUT2D eigenvalue weighted by Crippen LogP contribution is 2.30. The molecule has 1 aliphatic rings. The Hall–Kier alpha value is -1.61. The Morgan fingerprint density at radius 3 is 2.90 bits per heavy atom. The van der Waals surface area contributed by atoms with Crippen molar-refractivity contribution in [1.29, 1.82) is 0 Å². The molecule has 106 valence electrons. The number of benzene rings is 1. The van der Waals surface area contributed by atoms with E-state index in [0.717, 1.165) is 42.5 Å². The van der Waals surface area contributed by atoms with Gasteiger partial charge < -0.3 is 10.1 Å². The summed E-state index contributed by atoms with van der Waals surface area (Å²) in [4.78, 5) is 4.65. The zero-order chi connectivity index (χ0) is 13.8. The molecule has 2 aromatic rings. The molecule has 3 heteroatoms. The molecule has 1 saturated carbocycles. The molecule has 1 N–H and O–H groups in total. The van der Waals surface area contributed by atoms with Crippen LogP contribution >= 0.6 is 0 Å².